The van der Waals surface area contributed by atoms with E-state index in [1.165, 1.54) is 0 Å². The highest BCUT2D eigenvalue weighted by atomic mass is 16.5. The Bertz CT molecular complexity index is 291. The van der Waals surface area contributed by atoms with Gasteiger partial charge in [-0.2, -0.15) is 0 Å². The highest BCUT2D eigenvalue weighted by Gasteiger charge is 2.21. The van der Waals surface area contributed by atoms with Crippen LogP contribution >= 0.6 is 0 Å². The Kier molecular flexibility index (Phi) is 2.78. The van der Waals surface area contributed by atoms with E-state index in [4.69, 9.17) is 4.74 Å². The fourth-order valence-corrected chi connectivity index (χ4v) is 1.50. The van der Waals surface area contributed by atoms with Gasteiger partial charge in [-0.15, -0.1) is 0 Å². The molecule has 1 aromatic heterocycles. The molecule has 5 nitrogen and oxygen atoms in total. The van der Waals surface area contributed by atoms with Gasteiger partial charge in [-0.05, 0) is 12.8 Å². The van der Waals surface area contributed by atoms with Gasteiger partial charge in [0.1, 0.15) is 0 Å². The predicted octanol–water partition coefficient (Wildman–Crippen LogP) is 0.775. The van der Waals surface area contributed by atoms with E-state index in [9.17, 15) is 4.79 Å². The van der Waals surface area contributed by atoms with E-state index in [1.807, 2.05) is 0 Å². The number of imidazole rings is 1. The van der Waals surface area contributed by atoms with Gasteiger partial charge in [-0.25, -0.2) is 4.98 Å². The first kappa shape index (κ1) is 9.21. The highest BCUT2D eigenvalue weighted by molar-refractivity contribution is 5.91. The number of anilines is 1. The molecular weight excluding hydrogens is 182 g/mol. The normalized spacial score (nSPS) is 21.9. The third kappa shape index (κ3) is 2.11. The maximum atomic E-state index is 11.6. The Balaban J connectivity index is 1.88. The fourth-order valence-electron chi connectivity index (χ4n) is 1.50. The molecule has 0 aromatic carbocycles. The quantitative estimate of drug-likeness (QED) is 0.732. The molecule has 2 heterocycles. The van der Waals surface area contributed by atoms with Gasteiger partial charge in [0.25, 0.3) is 0 Å². The molecule has 1 saturated heterocycles. The summed E-state index contributed by atoms with van der Waals surface area (Å²) in [4.78, 5) is 18.4. The molecule has 1 aliphatic heterocycles. The summed E-state index contributed by atoms with van der Waals surface area (Å²) in [6.07, 6.45) is 5.13. The van der Waals surface area contributed by atoms with E-state index >= 15 is 0 Å². The van der Waals surface area contributed by atoms with E-state index in [2.05, 4.69) is 15.3 Å². The van der Waals surface area contributed by atoms with Crippen LogP contribution < -0.4 is 5.32 Å². The molecule has 76 valence electrons. The summed E-state index contributed by atoms with van der Waals surface area (Å²) in [5.74, 6) is 0.453. The summed E-state index contributed by atoms with van der Waals surface area (Å²) < 4.78 is 5.23. The van der Waals surface area contributed by atoms with Crippen LogP contribution in [0.5, 0.6) is 0 Å². The molecule has 0 bridgehead atoms. The second kappa shape index (κ2) is 4.23. The van der Waals surface area contributed by atoms with Crippen molar-refractivity contribution >= 4 is 11.9 Å². The van der Waals surface area contributed by atoms with Crippen molar-refractivity contribution in [2.24, 2.45) is 5.92 Å². The van der Waals surface area contributed by atoms with Crippen molar-refractivity contribution in [1.82, 2.24) is 9.97 Å². The SMILES string of the molecule is O=C(Nc1ncc[nH]1)C1CCCOC1. The zero-order chi connectivity index (χ0) is 9.80. The molecule has 2 N–H and O–H groups in total. The van der Waals surface area contributed by atoms with Crippen LogP contribution in [0.4, 0.5) is 5.95 Å². The molecule has 5 heteroatoms. The number of amides is 1. The van der Waals surface area contributed by atoms with Gasteiger partial charge in [0, 0.05) is 19.0 Å². The molecular formula is C9H13N3O2. The van der Waals surface area contributed by atoms with Crippen LogP contribution in [-0.4, -0.2) is 29.1 Å². The Hall–Kier alpha value is -1.36. The lowest BCUT2D eigenvalue weighted by Gasteiger charge is -2.20. The monoisotopic (exact) mass is 195 g/mol. The van der Waals surface area contributed by atoms with Gasteiger partial charge in [-0.1, -0.05) is 0 Å². The number of carbonyl (C=O) groups excluding carboxylic acids is 1. The van der Waals surface area contributed by atoms with E-state index in [0.29, 0.717) is 12.6 Å². The van der Waals surface area contributed by atoms with Crippen molar-refractivity contribution in [3.8, 4) is 0 Å². The van der Waals surface area contributed by atoms with Crippen LogP contribution in [0.3, 0.4) is 0 Å². The minimum atomic E-state index is -0.0335. The van der Waals surface area contributed by atoms with Gasteiger partial charge in [0.15, 0.2) is 0 Å². The van der Waals surface area contributed by atoms with Gasteiger partial charge < -0.3 is 9.72 Å². The highest BCUT2D eigenvalue weighted by Crippen LogP contribution is 2.14. The summed E-state index contributed by atoms with van der Waals surface area (Å²) >= 11 is 0. The lowest BCUT2D eigenvalue weighted by molar-refractivity contribution is -0.123. The number of carbonyl (C=O) groups is 1. The van der Waals surface area contributed by atoms with Crippen molar-refractivity contribution in [2.45, 2.75) is 12.8 Å². The maximum absolute atomic E-state index is 11.6. The fraction of sp³-hybridized carbons (Fsp3) is 0.556. The summed E-state index contributed by atoms with van der Waals surface area (Å²) in [6.45, 7) is 1.29. The standard InChI is InChI=1S/C9H13N3O2/c13-8(7-2-1-5-14-6-7)12-9-10-3-4-11-9/h3-4,7H,1-2,5-6H2,(H2,10,11,12,13). The number of hydrogen-bond donors (Lipinski definition) is 2. The average molecular weight is 195 g/mol. The Morgan fingerprint density at radius 2 is 2.64 bits per heavy atom. The summed E-state index contributed by atoms with van der Waals surface area (Å²) in [5, 5.41) is 2.71. The number of H-pyrrole nitrogens is 1. The van der Waals surface area contributed by atoms with Crippen molar-refractivity contribution in [3.63, 3.8) is 0 Å². The molecule has 1 amide bonds. The van der Waals surface area contributed by atoms with Crippen LogP contribution in [0.25, 0.3) is 0 Å². The summed E-state index contributed by atoms with van der Waals surface area (Å²) in [5.41, 5.74) is 0. The molecule has 1 atom stereocenters. The van der Waals surface area contributed by atoms with Crippen LogP contribution in [0.15, 0.2) is 12.4 Å². The first-order chi connectivity index (χ1) is 6.86. The number of aromatic nitrogens is 2. The molecule has 0 aliphatic carbocycles. The Labute approximate surface area is 81.9 Å². The van der Waals surface area contributed by atoms with Crippen LogP contribution in [0.1, 0.15) is 12.8 Å². The third-order valence-electron chi connectivity index (χ3n) is 2.27. The molecule has 14 heavy (non-hydrogen) atoms. The largest absolute Gasteiger partial charge is 0.381 e. The molecule has 1 unspecified atom stereocenters. The van der Waals surface area contributed by atoms with E-state index in [-0.39, 0.29) is 11.8 Å². The van der Waals surface area contributed by atoms with Crippen molar-refractivity contribution in [2.75, 3.05) is 18.5 Å². The van der Waals surface area contributed by atoms with Crippen molar-refractivity contribution < 1.29 is 9.53 Å². The van der Waals surface area contributed by atoms with E-state index < -0.39 is 0 Å². The molecule has 1 aromatic rings. The number of ether oxygens (including phenoxy) is 1. The van der Waals surface area contributed by atoms with Gasteiger partial charge >= 0.3 is 0 Å². The molecule has 1 aliphatic rings. The number of aromatic amines is 1. The molecule has 0 spiro atoms. The van der Waals surface area contributed by atoms with Gasteiger partial charge in [-0.3, -0.25) is 10.1 Å². The second-order valence-corrected chi connectivity index (χ2v) is 3.34. The molecule has 2 rings (SSSR count). The number of rotatable bonds is 2. The van der Waals surface area contributed by atoms with E-state index in [0.717, 1.165) is 19.4 Å². The van der Waals surface area contributed by atoms with Crippen LogP contribution in [0.2, 0.25) is 0 Å². The Morgan fingerprint density at radius 1 is 1.71 bits per heavy atom. The molecule has 0 radical (unpaired) electrons. The van der Waals surface area contributed by atoms with Gasteiger partial charge in [0.2, 0.25) is 11.9 Å². The second-order valence-electron chi connectivity index (χ2n) is 3.34. The summed E-state index contributed by atoms with van der Waals surface area (Å²) in [6, 6.07) is 0. The minimum absolute atomic E-state index is 0.0142. The van der Waals surface area contributed by atoms with Crippen LogP contribution in [0, 0.1) is 5.92 Å². The number of nitrogens with zero attached hydrogens (tertiary/aromatic N) is 1. The molecule has 0 saturated carbocycles. The average Bonchev–Trinajstić information content (AvgIpc) is 2.72. The van der Waals surface area contributed by atoms with E-state index in [1.54, 1.807) is 12.4 Å². The third-order valence-corrected chi connectivity index (χ3v) is 2.27. The topological polar surface area (TPSA) is 67.0 Å². The molecule has 1 fully saturated rings. The lowest BCUT2D eigenvalue weighted by Crippen LogP contribution is -2.30. The smallest absolute Gasteiger partial charge is 0.232 e. The summed E-state index contributed by atoms with van der Waals surface area (Å²) in [7, 11) is 0. The maximum Gasteiger partial charge on any atom is 0.232 e. The van der Waals surface area contributed by atoms with Crippen molar-refractivity contribution in [3.05, 3.63) is 12.4 Å². The first-order valence-electron chi connectivity index (χ1n) is 4.74. The zero-order valence-corrected chi connectivity index (χ0v) is 7.82. The van der Waals surface area contributed by atoms with Crippen LogP contribution in [-0.2, 0) is 9.53 Å². The Morgan fingerprint density at radius 3 is 3.29 bits per heavy atom. The number of hydrogen-bond acceptors (Lipinski definition) is 3. The number of nitrogens with one attached hydrogen (secondary N) is 2. The first-order valence-corrected chi connectivity index (χ1v) is 4.74. The zero-order valence-electron chi connectivity index (χ0n) is 7.82. The minimum Gasteiger partial charge on any atom is -0.381 e. The predicted molar refractivity (Wildman–Crippen MR) is 50.8 cm³/mol. The van der Waals surface area contributed by atoms with Crippen molar-refractivity contribution in [1.29, 1.82) is 0 Å². The lowest BCUT2D eigenvalue weighted by atomic mass is 10.0. The van der Waals surface area contributed by atoms with Gasteiger partial charge in [0.05, 0.1) is 12.5 Å².